The predicted molar refractivity (Wildman–Crippen MR) is 147 cm³/mol. The third-order valence-electron chi connectivity index (χ3n) is 5.73. The van der Waals surface area contributed by atoms with E-state index in [-0.39, 0.29) is 17.3 Å². The van der Waals surface area contributed by atoms with Crippen molar-refractivity contribution in [1.82, 2.24) is 10.2 Å². The van der Waals surface area contributed by atoms with Gasteiger partial charge in [-0.3, -0.25) is 13.9 Å². The average molecular weight is 563 g/mol. The molecular formula is C27H29Cl2N3O4S. The Kier molecular flexibility index (Phi) is 9.97. The van der Waals surface area contributed by atoms with Crippen molar-refractivity contribution in [1.29, 1.82) is 0 Å². The molecule has 0 radical (unpaired) electrons. The van der Waals surface area contributed by atoms with Gasteiger partial charge in [0.25, 0.3) is 10.0 Å². The maximum atomic E-state index is 13.9. The van der Waals surface area contributed by atoms with E-state index in [0.717, 1.165) is 4.31 Å². The number of nitrogens with zero attached hydrogens (tertiary/aromatic N) is 2. The van der Waals surface area contributed by atoms with E-state index in [4.69, 9.17) is 23.2 Å². The Balaban J connectivity index is 2.03. The minimum absolute atomic E-state index is 0.0410. The summed E-state index contributed by atoms with van der Waals surface area (Å²) in [6.07, 6.45) is 0.329. The molecule has 0 saturated carbocycles. The van der Waals surface area contributed by atoms with Gasteiger partial charge in [-0.15, -0.1) is 0 Å². The van der Waals surface area contributed by atoms with E-state index < -0.39 is 28.5 Å². The second-order valence-corrected chi connectivity index (χ2v) is 10.9. The Morgan fingerprint density at radius 2 is 1.51 bits per heavy atom. The lowest BCUT2D eigenvalue weighted by Crippen LogP contribution is -2.52. The molecule has 0 fully saturated rings. The van der Waals surface area contributed by atoms with E-state index in [1.165, 1.54) is 17.0 Å². The lowest BCUT2D eigenvalue weighted by Gasteiger charge is -2.33. The first-order valence-corrected chi connectivity index (χ1v) is 14.0. The van der Waals surface area contributed by atoms with E-state index in [2.05, 4.69) is 5.32 Å². The van der Waals surface area contributed by atoms with Crippen LogP contribution in [0.1, 0.15) is 25.8 Å². The second kappa shape index (κ2) is 12.9. The second-order valence-electron chi connectivity index (χ2n) is 8.25. The third kappa shape index (κ3) is 7.03. The summed E-state index contributed by atoms with van der Waals surface area (Å²) in [6.45, 7) is 3.52. The molecule has 1 N–H and O–H groups in total. The molecule has 0 bridgehead atoms. The number of sulfonamides is 1. The molecule has 2 amide bonds. The van der Waals surface area contributed by atoms with Crippen molar-refractivity contribution in [3.8, 4) is 0 Å². The van der Waals surface area contributed by atoms with Crippen LogP contribution in [-0.2, 0) is 26.2 Å². The Hall–Kier alpha value is -3.07. The van der Waals surface area contributed by atoms with Crippen molar-refractivity contribution < 1.29 is 18.0 Å². The van der Waals surface area contributed by atoms with Crippen molar-refractivity contribution in [3.63, 3.8) is 0 Å². The minimum atomic E-state index is -4.08. The molecule has 0 spiro atoms. The lowest BCUT2D eigenvalue weighted by atomic mass is 10.1. The average Bonchev–Trinajstić information content (AvgIpc) is 2.90. The standard InChI is InChI=1S/C27H29Cl2N3O4S/c1-3-25(27(34)30-4-2)31(18-20-15-16-23(28)24(29)17-20)26(33)19-32(21-11-7-5-8-12-21)37(35,36)22-13-9-6-10-14-22/h5-17,25H,3-4,18-19H2,1-2H3,(H,30,34). The van der Waals surface area contributed by atoms with Gasteiger partial charge in [0.05, 0.1) is 20.6 Å². The maximum Gasteiger partial charge on any atom is 0.264 e. The van der Waals surface area contributed by atoms with E-state index in [0.29, 0.717) is 34.3 Å². The number of likely N-dealkylation sites (N-methyl/N-ethyl adjacent to an activating group) is 1. The third-order valence-corrected chi connectivity index (χ3v) is 8.26. The number of halogens is 2. The summed E-state index contributed by atoms with van der Waals surface area (Å²) in [6, 6.07) is 20.5. The van der Waals surface area contributed by atoms with Crippen molar-refractivity contribution in [2.75, 3.05) is 17.4 Å². The quantitative estimate of drug-likeness (QED) is 0.351. The molecule has 10 heteroatoms. The number of amides is 2. The number of hydrogen-bond donors (Lipinski definition) is 1. The van der Waals surface area contributed by atoms with Crippen LogP contribution in [0.15, 0.2) is 83.8 Å². The zero-order valence-corrected chi connectivity index (χ0v) is 22.9. The number of carbonyl (C=O) groups is 2. The molecule has 0 aliphatic carbocycles. The first-order chi connectivity index (χ1) is 17.7. The van der Waals surface area contributed by atoms with Gasteiger partial charge in [0.15, 0.2) is 0 Å². The van der Waals surface area contributed by atoms with Crippen molar-refractivity contribution in [3.05, 3.63) is 94.5 Å². The van der Waals surface area contributed by atoms with Crippen LogP contribution >= 0.6 is 23.2 Å². The van der Waals surface area contributed by atoms with E-state index in [1.54, 1.807) is 80.6 Å². The minimum Gasteiger partial charge on any atom is -0.355 e. The fourth-order valence-corrected chi connectivity index (χ4v) is 5.64. The molecule has 1 atom stereocenters. The van der Waals surface area contributed by atoms with Crippen LogP contribution in [-0.4, -0.2) is 44.3 Å². The van der Waals surface area contributed by atoms with E-state index >= 15 is 0 Å². The number of nitrogens with one attached hydrogen (secondary N) is 1. The normalized spacial score (nSPS) is 12.0. The molecule has 196 valence electrons. The van der Waals surface area contributed by atoms with Crippen LogP contribution in [0.5, 0.6) is 0 Å². The molecule has 0 aliphatic heterocycles. The SMILES string of the molecule is CCNC(=O)C(CC)N(Cc1ccc(Cl)c(Cl)c1)C(=O)CN(c1ccccc1)S(=O)(=O)c1ccccc1. The summed E-state index contributed by atoms with van der Waals surface area (Å²) >= 11 is 12.2. The molecule has 3 aromatic rings. The fraction of sp³-hybridized carbons (Fsp3) is 0.259. The first kappa shape index (κ1) is 28.5. The summed E-state index contributed by atoms with van der Waals surface area (Å²) in [7, 11) is -4.08. The Bertz CT molecular complexity index is 1320. The maximum absolute atomic E-state index is 13.9. The lowest BCUT2D eigenvalue weighted by molar-refractivity contribution is -0.140. The highest BCUT2D eigenvalue weighted by Crippen LogP contribution is 2.26. The van der Waals surface area contributed by atoms with Gasteiger partial charge in [0, 0.05) is 13.1 Å². The van der Waals surface area contributed by atoms with Crippen molar-refractivity contribution in [2.24, 2.45) is 0 Å². The number of hydrogen-bond acceptors (Lipinski definition) is 4. The molecule has 0 aromatic heterocycles. The molecule has 0 aliphatic rings. The van der Waals surface area contributed by atoms with Gasteiger partial charge in [-0.1, -0.05) is 72.6 Å². The molecule has 3 aromatic carbocycles. The van der Waals surface area contributed by atoms with Crippen molar-refractivity contribution in [2.45, 2.75) is 37.8 Å². The fourth-order valence-electron chi connectivity index (χ4n) is 3.89. The van der Waals surface area contributed by atoms with E-state index in [1.807, 2.05) is 0 Å². The largest absolute Gasteiger partial charge is 0.355 e. The summed E-state index contributed by atoms with van der Waals surface area (Å²) in [5, 5.41) is 3.45. The van der Waals surface area contributed by atoms with Crippen LogP contribution < -0.4 is 9.62 Å². The van der Waals surface area contributed by atoms with Crippen LogP contribution in [0.2, 0.25) is 10.0 Å². The van der Waals surface area contributed by atoms with E-state index in [9.17, 15) is 18.0 Å². The Labute approximate surface area is 228 Å². The number of rotatable bonds is 11. The number of benzene rings is 3. The smallest absolute Gasteiger partial charge is 0.264 e. The highest BCUT2D eigenvalue weighted by molar-refractivity contribution is 7.92. The summed E-state index contributed by atoms with van der Waals surface area (Å²) in [5.74, 6) is -0.858. The summed E-state index contributed by atoms with van der Waals surface area (Å²) < 4.78 is 28.4. The van der Waals surface area contributed by atoms with Gasteiger partial charge in [-0.2, -0.15) is 0 Å². The van der Waals surface area contributed by atoms with Crippen LogP contribution in [0.25, 0.3) is 0 Å². The summed E-state index contributed by atoms with van der Waals surface area (Å²) in [4.78, 5) is 28.2. The highest BCUT2D eigenvalue weighted by atomic mass is 35.5. The Morgan fingerprint density at radius 1 is 0.892 bits per heavy atom. The highest BCUT2D eigenvalue weighted by Gasteiger charge is 2.33. The number of carbonyl (C=O) groups excluding carboxylic acids is 2. The van der Waals surface area contributed by atoms with Gasteiger partial charge in [0.2, 0.25) is 11.8 Å². The van der Waals surface area contributed by atoms with Gasteiger partial charge in [-0.25, -0.2) is 8.42 Å². The van der Waals surface area contributed by atoms with Gasteiger partial charge in [0.1, 0.15) is 12.6 Å². The molecule has 3 rings (SSSR count). The molecule has 0 heterocycles. The zero-order valence-electron chi connectivity index (χ0n) is 20.6. The number of para-hydroxylation sites is 1. The first-order valence-electron chi connectivity index (χ1n) is 11.8. The topological polar surface area (TPSA) is 86.8 Å². The van der Waals surface area contributed by atoms with Gasteiger partial charge in [-0.05, 0) is 55.3 Å². The van der Waals surface area contributed by atoms with Crippen LogP contribution in [0.4, 0.5) is 5.69 Å². The number of anilines is 1. The van der Waals surface area contributed by atoms with Gasteiger partial charge >= 0.3 is 0 Å². The molecule has 7 nitrogen and oxygen atoms in total. The van der Waals surface area contributed by atoms with Crippen LogP contribution in [0, 0.1) is 0 Å². The van der Waals surface area contributed by atoms with Crippen molar-refractivity contribution >= 4 is 50.7 Å². The molecule has 0 saturated heterocycles. The van der Waals surface area contributed by atoms with Gasteiger partial charge < -0.3 is 10.2 Å². The summed E-state index contributed by atoms with van der Waals surface area (Å²) in [5.41, 5.74) is 0.989. The zero-order chi connectivity index (χ0) is 27.0. The van der Waals surface area contributed by atoms with Crippen LogP contribution in [0.3, 0.4) is 0 Å². The molecule has 1 unspecified atom stereocenters. The predicted octanol–water partition coefficient (Wildman–Crippen LogP) is 5.13. The Morgan fingerprint density at radius 3 is 2.08 bits per heavy atom. The molecule has 37 heavy (non-hydrogen) atoms. The monoisotopic (exact) mass is 561 g/mol. The molecular weight excluding hydrogens is 533 g/mol.